The molecule has 0 amide bonds. The summed E-state index contributed by atoms with van der Waals surface area (Å²) < 4.78 is 0. The monoisotopic (exact) mass is 200 g/mol. The summed E-state index contributed by atoms with van der Waals surface area (Å²) in [5, 5.41) is 8.61. The summed E-state index contributed by atoms with van der Waals surface area (Å²) in [4.78, 5) is 14.1. The van der Waals surface area contributed by atoms with Crippen LogP contribution in [0.15, 0.2) is 29.1 Å². The van der Waals surface area contributed by atoms with E-state index in [1.165, 1.54) is 0 Å². The van der Waals surface area contributed by atoms with Gasteiger partial charge in [0, 0.05) is 5.69 Å². The first kappa shape index (κ1) is 9.72. The van der Waals surface area contributed by atoms with E-state index >= 15 is 0 Å². The van der Waals surface area contributed by atoms with Crippen LogP contribution in [0.5, 0.6) is 0 Å². The molecule has 0 spiro atoms. The molecule has 0 fully saturated rings. The van der Waals surface area contributed by atoms with Gasteiger partial charge in [-0.1, -0.05) is 12.2 Å². The molecule has 0 aromatic carbocycles. The van der Waals surface area contributed by atoms with Gasteiger partial charge in [0.25, 0.3) is 5.56 Å². The van der Waals surface area contributed by atoms with Crippen molar-refractivity contribution in [1.29, 1.82) is 5.26 Å². The van der Waals surface area contributed by atoms with Gasteiger partial charge in [-0.3, -0.25) is 4.79 Å². The summed E-state index contributed by atoms with van der Waals surface area (Å²) in [7, 11) is 0. The first-order chi connectivity index (χ1) is 7.29. The highest BCUT2D eigenvalue weighted by molar-refractivity contribution is 5.26. The standard InChI is InChI=1S/C12H12N2O/c13-8-10-5-6-11(14-12(10)15)7-9-3-1-2-4-9/h1,3,5-6,9H,2,4,7H2,(H,14,15). The maximum absolute atomic E-state index is 11.3. The Morgan fingerprint density at radius 1 is 1.53 bits per heavy atom. The van der Waals surface area contributed by atoms with Crippen molar-refractivity contribution in [3.8, 4) is 6.07 Å². The summed E-state index contributed by atoms with van der Waals surface area (Å²) in [5.41, 5.74) is 0.813. The third-order valence-electron chi connectivity index (χ3n) is 2.68. The quantitative estimate of drug-likeness (QED) is 0.739. The molecule has 2 rings (SSSR count). The maximum Gasteiger partial charge on any atom is 0.266 e. The fourth-order valence-corrected chi connectivity index (χ4v) is 1.87. The average molecular weight is 200 g/mol. The van der Waals surface area contributed by atoms with E-state index in [1.807, 2.05) is 12.1 Å². The van der Waals surface area contributed by atoms with E-state index in [1.54, 1.807) is 6.07 Å². The molecule has 0 radical (unpaired) electrons. The lowest BCUT2D eigenvalue weighted by atomic mass is 10.0. The fourth-order valence-electron chi connectivity index (χ4n) is 1.87. The molecule has 1 aliphatic carbocycles. The number of allylic oxidation sites excluding steroid dienone is 2. The summed E-state index contributed by atoms with van der Waals surface area (Å²) in [6.07, 6.45) is 7.51. The zero-order chi connectivity index (χ0) is 10.7. The number of hydrogen-bond acceptors (Lipinski definition) is 2. The molecular weight excluding hydrogens is 188 g/mol. The minimum atomic E-state index is -0.281. The molecule has 1 heterocycles. The molecule has 1 N–H and O–H groups in total. The Bertz CT molecular complexity index is 479. The van der Waals surface area contributed by atoms with Crippen LogP contribution >= 0.6 is 0 Å². The molecule has 1 aromatic heterocycles. The van der Waals surface area contributed by atoms with Gasteiger partial charge < -0.3 is 4.98 Å². The highest BCUT2D eigenvalue weighted by Crippen LogP contribution is 2.20. The molecule has 0 saturated carbocycles. The maximum atomic E-state index is 11.3. The Balaban J connectivity index is 2.16. The molecule has 1 unspecified atom stereocenters. The molecule has 15 heavy (non-hydrogen) atoms. The number of rotatable bonds is 2. The zero-order valence-electron chi connectivity index (χ0n) is 8.36. The number of pyridine rings is 1. The molecular formula is C12H12N2O. The van der Waals surface area contributed by atoms with Crippen LogP contribution in [0.25, 0.3) is 0 Å². The Hall–Kier alpha value is -1.82. The molecule has 1 atom stereocenters. The smallest absolute Gasteiger partial charge is 0.266 e. The lowest BCUT2D eigenvalue weighted by Crippen LogP contribution is -2.13. The number of aromatic nitrogens is 1. The van der Waals surface area contributed by atoms with Crippen molar-refractivity contribution in [1.82, 2.24) is 4.98 Å². The van der Waals surface area contributed by atoms with Gasteiger partial charge in [0.05, 0.1) is 0 Å². The van der Waals surface area contributed by atoms with E-state index < -0.39 is 0 Å². The van der Waals surface area contributed by atoms with Crippen LogP contribution in [0.2, 0.25) is 0 Å². The summed E-state index contributed by atoms with van der Waals surface area (Å²) in [5.74, 6) is 0.536. The number of aromatic amines is 1. The van der Waals surface area contributed by atoms with E-state index in [2.05, 4.69) is 17.1 Å². The number of hydrogen-bond donors (Lipinski definition) is 1. The lowest BCUT2D eigenvalue weighted by molar-refractivity contribution is 0.619. The molecule has 3 nitrogen and oxygen atoms in total. The van der Waals surface area contributed by atoms with Crippen LogP contribution in [0.4, 0.5) is 0 Å². The SMILES string of the molecule is N#Cc1ccc(CC2C=CCC2)[nH]c1=O. The fraction of sp³-hybridized carbons (Fsp3) is 0.333. The first-order valence-electron chi connectivity index (χ1n) is 5.08. The third-order valence-corrected chi connectivity index (χ3v) is 2.68. The third kappa shape index (κ3) is 2.16. The van der Waals surface area contributed by atoms with Crippen molar-refractivity contribution in [3.63, 3.8) is 0 Å². The largest absolute Gasteiger partial charge is 0.325 e. The Morgan fingerprint density at radius 2 is 2.40 bits per heavy atom. The van der Waals surface area contributed by atoms with E-state index in [9.17, 15) is 4.79 Å². The highest BCUT2D eigenvalue weighted by Gasteiger charge is 2.10. The van der Waals surface area contributed by atoms with E-state index in [-0.39, 0.29) is 11.1 Å². The molecule has 1 aromatic rings. The summed E-state index contributed by atoms with van der Waals surface area (Å²) >= 11 is 0. The van der Waals surface area contributed by atoms with Gasteiger partial charge in [-0.05, 0) is 37.3 Å². The van der Waals surface area contributed by atoms with Gasteiger partial charge in [0.2, 0.25) is 0 Å². The van der Waals surface area contributed by atoms with Gasteiger partial charge in [-0.2, -0.15) is 5.26 Å². The van der Waals surface area contributed by atoms with Crippen molar-refractivity contribution in [2.24, 2.45) is 5.92 Å². The molecule has 76 valence electrons. The molecule has 0 bridgehead atoms. The van der Waals surface area contributed by atoms with Crippen LogP contribution in [-0.2, 0) is 6.42 Å². The lowest BCUT2D eigenvalue weighted by Gasteiger charge is -2.06. The zero-order valence-corrected chi connectivity index (χ0v) is 8.36. The van der Waals surface area contributed by atoms with Crippen LogP contribution in [-0.4, -0.2) is 4.98 Å². The van der Waals surface area contributed by atoms with Gasteiger partial charge in [0.15, 0.2) is 0 Å². The van der Waals surface area contributed by atoms with Gasteiger partial charge in [0.1, 0.15) is 11.6 Å². The minimum absolute atomic E-state index is 0.181. The second kappa shape index (κ2) is 4.14. The highest BCUT2D eigenvalue weighted by atomic mass is 16.1. The van der Waals surface area contributed by atoms with E-state index in [0.29, 0.717) is 5.92 Å². The summed E-state index contributed by atoms with van der Waals surface area (Å²) in [6, 6.07) is 5.27. The number of nitriles is 1. The van der Waals surface area contributed by atoms with Gasteiger partial charge in [-0.15, -0.1) is 0 Å². The number of nitrogens with one attached hydrogen (secondary N) is 1. The van der Waals surface area contributed by atoms with E-state index in [4.69, 9.17) is 5.26 Å². The minimum Gasteiger partial charge on any atom is -0.325 e. The molecule has 0 saturated heterocycles. The average Bonchev–Trinajstić information content (AvgIpc) is 2.71. The van der Waals surface area contributed by atoms with Crippen molar-refractivity contribution in [2.75, 3.05) is 0 Å². The predicted octanol–water partition coefficient (Wildman–Crippen LogP) is 1.76. The van der Waals surface area contributed by atoms with Crippen molar-refractivity contribution < 1.29 is 0 Å². The second-order valence-corrected chi connectivity index (χ2v) is 3.81. The first-order valence-corrected chi connectivity index (χ1v) is 5.08. The van der Waals surface area contributed by atoms with Crippen molar-refractivity contribution >= 4 is 0 Å². The Kier molecular flexibility index (Phi) is 2.68. The van der Waals surface area contributed by atoms with Crippen LogP contribution in [0, 0.1) is 17.2 Å². The van der Waals surface area contributed by atoms with Crippen molar-refractivity contribution in [3.05, 3.63) is 45.9 Å². The van der Waals surface area contributed by atoms with Crippen LogP contribution in [0.1, 0.15) is 24.1 Å². The van der Waals surface area contributed by atoms with Gasteiger partial charge >= 0.3 is 0 Å². The normalized spacial score (nSPS) is 19.0. The van der Waals surface area contributed by atoms with Gasteiger partial charge in [-0.25, -0.2) is 0 Å². The Labute approximate surface area is 88.1 Å². The Morgan fingerprint density at radius 3 is 3.00 bits per heavy atom. The molecule has 3 heteroatoms. The second-order valence-electron chi connectivity index (χ2n) is 3.81. The van der Waals surface area contributed by atoms with Crippen LogP contribution in [0.3, 0.4) is 0 Å². The number of H-pyrrole nitrogens is 1. The van der Waals surface area contributed by atoms with Crippen LogP contribution < -0.4 is 5.56 Å². The molecule has 1 aliphatic rings. The van der Waals surface area contributed by atoms with E-state index in [0.717, 1.165) is 25.0 Å². The number of nitrogens with zero attached hydrogens (tertiary/aromatic N) is 1. The molecule has 0 aliphatic heterocycles. The topological polar surface area (TPSA) is 56.6 Å². The predicted molar refractivity (Wildman–Crippen MR) is 57.3 cm³/mol. The van der Waals surface area contributed by atoms with Crippen molar-refractivity contribution in [2.45, 2.75) is 19.3 Å². The summed E-state index contributed by atoms with van der Waals surface area (Å²) in [6.45, 7) is 0.